The quantitative estimate of drug-likeness (QED) is 0.535. The number of guanidine groups is 1. The molecule has 0 aromatic heterocycles. The Morgan fingerprint density at radius 2 is 2.29 bits per heavy atom. The fraction of sp³-hybridized carbons (Fsp3) is 0.611. The van der Waals surface area contributed by atoms with E-state index in [-0.39, 0.29) is 12.4 Å². The van der Waals surface area contributed by atoms with Crippen LogP contribution in [0.4, 0.5) is 4.39 Å². The summed E-state index contributed by atoms with van der Waals surface area (Å²) in [6.07, 6.45) is 1.87. The van der Waals surface area contributed by atoms with Gasteiger partial charge in [-0.25, -0.2) is 4.39 Å². The van der Waals surface area contributed by atoms with Crippen molar-refractivity contribution in [2.24, 2.45) is 10.9 Å². The average molecular weight is 337 g/mol. The van der Waals surface area contributed by atoms with Crippen molar-refractivity contribution in [2.75, 3.05) is 33.4 Å². The minimum atomic E-state index is -0.611. The molecule has 1 saturated carbocycles. The van der Waals surface area contributed by atoms with Gasteiger partial charge in [-0.2, -0.15) is 0 Å². The van der Waals surface area contributed by atoms with E-state index in [0.29, 0.717) is 25.0 Å². The first-order valence-electron chi connectivity index (χ1n) is 8.58. The summed E-state index contributed by atoms with van der Waals surface area (Å²) in [4.78, 5) is 6.37. The summed E-state index contributed by atoms with van der Waals surface area (Å²) in [5.41, 5.74) is 0.872. The normalized spacial score (nSPS) is 16.1. The Morgan fingerprint density at radius 1 is 1.50 bits per heavy atom. The highest BCUT2D eigenvalue weighted by Crippen LogP contribution is 2.28. The molecule has 134 valence electrons. The van der Waals surface area contributed by atoms with Gasteiger partial charge >= 0.3 is 0 Å². The Kier molecular flexibility index (Phi) is 7.46. The molecule has 0 bridgehead atoms. The SMILES string of the molecule is CCNC(=NCC(O)COCC1CC1)N(C)Cc1cccc(F)c1. The third-order valence-electron chi connectivity index (χ3n) is 3.82. The van der Waals surface area contributed by atoms with Gasteiger partial charge < -0.3 is 20.1 Å². The molecule has 0 radical (unpaired) electrons. The molecule has 5 nitrogen and oxygen atoms in total. The highest BCUT2D eigenvalue weighted by molar-refractivity contribution is 5.79. The summed E-state index contributed by atoms with van der Waals surface area (Å²) < 4.78 is 18.8. The van der Waals surface area contributed by atoms with Crippen LogP contribution >= 0.6 is 0 Å². The lowest BCUT2D eigenvalue weighted by molar-refractivity contribution is 0.0367. The number of rotatable bonds is 9. The Morgan fingerprint density at radius 3 is 2.96 bits per heavy atom. The van der Waals surface area contributed by atoms with E-state index in [1.165, 1.54) is 25.0 Å². The lowest BCUT2D eigenvalue weighted by atomic mass is 10.2. The smallest absolute Gasteiger partial charge is 0.194 e. The summed E-state index contributed by atoms with van der Waals surface area (Å²) in [6.45, 7) is 4.58. The van der Waals surface area contributed by atoms with Crippen molar-refractivity contribution >= 4 is 5.96 Å². The van der Waals surface area contributed by atoms with E-state index in [4.69, 9.17) is 4.74 Å². The molecule has 2 rings (SSSR count). The molecule has 24 heavy (non-hydrogen) atoms. The molecule has 1 aliphatic rings. The summed E-state index contributed by atoms with van der Waals surface area (Å²) in [5.74, 6) is 1.13. The largest absolute Gasteiger partial charge is 0.389 e. The number of hydrogen-bond donors (Lipinski definition) is 2. The van der Waals surface area contributed by atoms with Crippen LogP contribution in [-0.4, -0.2) is 55.4 Å². The topological polar surface area (TPSA) is 57.1 Å². The molecule has 1 aromatic carbocycles. The number of aliphatic hydroxyl groups is 1. The molecule has 0 amide bonds. The monoisotopic (exact) mass is 337 g/mol. The molecule has 6 heteroatoms. The van der Waals surface area contributed by atoms with Gasteiger partial charge in [0.15, 0.2) is 5.96 Å². The molecule has 0 aliphatic heterocycles. The van der Waals surface area contributed by atoms with Crippen molar-refractivity contribution in [3.05, 3.63) is 35.6 Å². The summed E-state index contributed by atoms with van der Waals surface area (Å²) >= 11 is 0. The van der Waals surface area contributed by atoms with E-state index in [1.807, 2.05) is 24.9 Å². The molecule has 1 aromatic rings. The maximum absolute atomic E-state index is 13.3. The minimum Gasteiger partial charge on any atom is -0.389 e. The fourth-order valence-corrected chi connectivity index (χ4v) is 2.35. The van der Waals surface area contributed by atoms with Gasteiger partial charge in [-0.05, 0) is 43.4 Å². The number of nitrogens with one attached hydrogen (secondary N) is 1. The zero-order valence-corrected chi connectivity index (χ0v) is 14.5. The molecular weight excluding hydrogens is 309 g/mol. The van der Waals surface area contributed by atoms with Crippen LogP contribution in [0, 0.1) is 11.7 Å². The van der Waals surface area contributed by atoms with Crippen LogP contribution in [0.2, 0.25) is 0 Å². The lowest BCUT2D eigenvalue weighted by Gasteiger charge is -2.22. The first kappa shape index (κ1) is 18.7. The van der Waals surface area contributed by atoms with Crippen LogP contribution in [0.5, 0.6) is 0 Å². The van der Waals surface area contributed by atoms with Crippen molar-refractivity contribution in [1.82, 2.24) is 10.2 Å². The predicted molar refractivity (Wildman–Crippen MR) is 93.4 cm³/mol. The van der Waals surface area contributed by atoms with Gasteiger partial charge in [0.1, 0.15) is 5.82 Å². The summed E-state index contributed by atoms with van der Waals surface area (Å²) in [5, 5.41) is 13.2. The summed E-state index contributed by atoms with van der Waals surface area (Å²) in [7, 11) is 1.89. The number of nitrogens with zero attached hydrogens (tertiary/aromatic N) is 2. The highest BCUT2D eigenvalue weighted by Gasteiger charge is 2.21. The number of aliphatic hydroxyl groups excluding tert-OH is 1. The van der Waals surface area contributed by atoms with Gasteiger partial charge in [0.25, 0.3) is 0 Å². The van der Waals surface area contributed by atoms with E-state index >= 15 is 0 Å². The number of ether oxygens (including phenoxy) is 1. The standard InChI is InChI=1S/C18H28FN3O2/c1-3-20-18(21-10-17(23)13-24-12-14-7-8-14)22(2)11-15-5-4-6-16(19)9-15/h4-6,9,14,17,23H,3,7-8,10-13H2,1-2H3,(H,20,21). The first-order chi connectivity index (χ1) is 11.6. The fourth-order valence-electron chi connectivity index (χ4n) is 2.35. The molecular formula is C18H28FN3O2. The number of benzene rings is 1. The Bertz CT molecular complexity index is 535. The van der Waals surface area contributed by atoms with E-state index in [0.717, 1.165) is 18.7 Å². The number of hydrogen-bond acceptors (Lipinski definition) is 3. The van der Waals surface area contributed by atoms with Crippen molar-refractivity contribution in [3.63, 3.8) is 0 Å². The van der Waals surface area contributed by atoms with E-state index in [1.54, 1.807) is 6.07 Å². The van der Waals surface area contributed by atoms with Crippen LogP contribution < -0.4 is 5.32 Å². The molecule has 1 fully saturated rings. The molecule has 0 spiro atoms. The molecule has 0 saturated heterocycles. The Labute approximate surface area is 143 Å². The minimum absolute atomic E-state index is 0.244. The Hall–Kier alpha value is -1.66. The average Bonchev–Trinajstić information content (AvgIpc) is 3.35. The second-order valence-electron chi connectivity index (χ2n) is 6.32. The van der Waals surface area contributed by atoms with Gasteiger partial charge in [-0.3, -0.25) is 4.99 Å². The molecule has 1 atom stereocenters. The van der Waals surface area contributed by atoms with Gasteiger partial charge in [0.05, 0.1) is 19.3 Å². The lowest BCUT2D eigenvalue weighted by Crippen LogP contribution is -2.39. The number of aliphatic imine (C=N–C) groups is 1. The molecule has 0 heterocycles. The van der Waals surface area contributed by atoms with Crippen LogP contribution in [0.1, 0.15) is 25.3 Å². The highest BCUT2D eigenvalue weighted by atomic mass is 19.1. The zero-order valence-electron chi connectivity index (χ0n) is 14.5. The third kappa shape index (κ3) is 6.84. The van der Waals surface area contributed by atoms with Crippen LogP contribution in [0.25, 0.3) is 0 Å². The van der Waals surface area contributed by atoms with Gasteiger partial charge in [0.2, 0.25) is 0 Å². The van der Waals surface area contributed by atoms with E-state index < -0.39 is 6.10 Å². The van der Waals surface area contributed by atoms with Gasteiger partial charge in [-0.15, -0.1) is 0 Å². The third-order valence-corrected chi connectivity index (χ3v) is 3.82. The van der Waals surface area contributed by atoms with E-state index in [2.05, 4.69) is 10.3 Å². The second kappa shape index (κ2) is 9.59. The first-order valence-corrected chi connectivity index (χ1v) is 8.58. The Balaban J connectivity index is 1.83. The predicted octanol–water partition coefficient (Wildman–Crippen LogP) is 2.01. The zero-order chi connectivity index (χ0) is 17.4. The second-order valence-corrected chi connectivity index (χ2v) is 6.32. The molecule has 1 unspecified atom stereocenters. The van der Waals surface area contributed by atoms with Crippen molar-refractivity contribution in [1.29, 1.82) is 0 Å². The van der Waals surface area contributed by atoms with Crippen molar-refractivity contribution < 1.29 is 14.2 Å². The van der Waals surface area contributed by atoms with Gasteiger partial charge in [-0.1, -0.05) is 12.1 Å². The maximum Gasteiger partial charge on any atom is 0.194 e. The molecule has 1 aliphatic carbocycles. The van der Waals surface area contributed by atoms with Crippen molar-refractivity contribution in [3.8, 4) is 0 Å². The molecule has 2 N–H and O–H groups in total. The van der Waals surface area contributed by atoms with Crippen LogP contribution in [-0.2, 0) is 11.3 Å². The summed E-state index contributed by atoms with van der Waals surface area (Å²) in [6, 6.07) is 6.52. The van der Waals surface area contributed by atoms with E-state index in [9.17, 15) is 9.50 Å². The van der Waals surface area contributed by atoms with Crippen LogP contribution in [0.15, 0.2) is 29.3 Å². The number of halogens is 1. The van der Waals surface area contributed by atoms with Gasteiger partial charge in [0, 0.05) is 26.7 Å². The van der Waals surface area contributed by atoms with Crippen LogP contribution in [0.3, 0.4) is 0 Å². The van der Waals surface area contributed by atoms with Crippen molar-refractivity contribution in [2.45, 2.75) is 32.4 Å². The maximum atomic E-state index is 13.3.